The Balaban J connectivity index is 1.80. The van der Waals surface area contributed by atoms with Crippen LogP contribution in [0.5, 0.6) is 0 Å². The highest BCUT2D eigenvalue weighted by atomic mass is 16.3. The smallest absolute Gasteiger partial charge is 0.0968 e. The number of aromatic nitrogens is 2. The van der Waals surface area contributed by atoms with Gasteiger partial charge in [0.05, 0.1) is 12.3 Å². The van der Waals surface area contributed by atoms with E-state index in [1.54, 1.807) is 0 Å². The predicted octanol–water partition coefficient (Wildman–Crippen LogP) is 4.34. The third-order valence-corrected chi connectivity index (χ3v) is 5.66. The van der Waals surface area contributed by atoms with Crippen LogP contribution in [0.3, 0.4) is 0 Å². The molecule has 2 aromatic rings. The minimum Gasteiger partial charge on any atom is -0.395 e. The van der Waals surface area contributed by atoms with Crippen molar-refractivity contribution in [3.63, 3.8) is 0 Å². The van der Waals surface area contributed by atoms with Crippen molar-refractivity contribution < 1.29 is 5.11 Å². The molecule has 0 aliphatic heterocycles. The van der Waals surface area contributed by atoms with Gasteiger partial charge in [-0.25, -0.2) is 0 Å². The summed E-state index contributed by atoms with van der Waals surface area (Å²) in [6.45, 7) is 6.03. The van der Waals surface area contributed by atoms with Crippen molar-refractivity contribution in [1.29, 1.82) is 0 Å². The Kier molecular flexibility index (Phi) is 6.49. The van der Waals surface area contributed by atoms with Crippen molar-refractivity contribution in [2.24, 2.45) is 7.05 Å². The van der Waals surface area contributed by atoms with Crippen LogP contribution in [0.4, 0.5) is 0 Å². The summed E-state index contributed by atoms with van der Waals surface area (Å²) in [6, 6.07) is 9.47. The molecule has 3 rings (SSSR count). The second kappa shape index (κ2) is 8.83. The summed E-state index contributed by atoms with van der Waals surface area (Å²) < 4.78 is 1.90. The number of hydrogen-bond donors (Lipinski definition) is 1. The van der Waals surface area contributed by atoms with Gasteiger partial charge in [0.15, 0.2) is 0 Å². The Morgan fingerprint density at radius 3 is 2.46 bits per heavy atom. The number of nitrogens with zero attached hydrogens (tertiary/aromatic N) is 3. The Labute approximate surface area is 157 Å². The molecule has 0 saturated heterocycles. The monoisotopic (exact) mass is 355 g/mol. The molecule has 0 bridgehead atoms. The normalized spacial score (nSPS) is 15.9. The summed E-state index contributed by atoms with van der Waals surface area (Å²) in [4.78, 5) is 2.29. The second-order valence-electron chi connectivity index (χ2n) is 7.92. The molecule has 142 valence electrons. The summed E-state index contributed by atoms with van der Waals surface area (Å²) in [7, 11) is 1.98. The number of rotatable bonds is 7. The van der Waals surface area contributed by atoms with Gasteiger partial charge in [0, 0.05) is 43.5 Å². The van der Waals surface area contributed by atoms with Gasteiger partial charge >= 0.3 is 0 Å². The number of benzene rings is 1. The molecule has 0 unspecified atom stereocenters. The molecule has 1 N–H and O–H groups in total. The van der Waals surface area contributed by atoms with Crippen LogP contribution in [0, 0.1) is 0 Å². The molecule has 1 aromatic carbocycles. The van der Waals surface area contributed by atoms with Gasteiger partial charge in [-0.1, -0.05) is 43.5 Å². The average Bonchev–Trinajstić information content (AvgIpc) is 3.02. The lowest BCUT2D eigenvalue weighted by Crippen LogP contribution is -2.32. The van der Waals surface area contributed by atoms with E-state index in [0.717, 1.165) is 18.2 Å². The first-order valence-electron chi connectivity index (χ1n) is 10.1. The lowest BCUT2D eigenvalue weighted by molar-refractivity contribution is 0.159. The van der Waals surface area contributed by atoms with Crippen LogP contribution in [0.15, 0.2) is 30.5 Å². The molecule has 4 heteroatoms. The zero-order chi connectivity index (χ0) is 18.5. The molecule has 1 aliphatic rings. The first-order valence-corrected chi connectivity index (χ1v) is 10.1. The largest absolute Gasteiger partial charge is 0.395 e. The van der Waals surface area contributed by atoms with E-state index in [4.69, 9.17) is 5.10 Å². The number of aliphatic hydroxyl groups excluding tert-OH is 1. The van der Waals surface area contributed by atoms with Crippen molar-refractivity contribution in [3.8, 4) is 11.3 Å². The molecule has 0 radical (unpaired) electrons. The topological polar surface area (TPSA) is 41.3 Å². The molecule has 1 aliphatic carbocycles. The van der Waals surface area contributed by atoms with E-state index in [0.29, 0.717) is 12.6 Å². The summed E-state index contributed by atoms with van der Waals surface area (Å²) in [6.07, 6.45) is 8.90. The highest BCUT2D eigenvalue weighted by Gasteiger charge is 2.18. The van der Waals surface area contributed by atoms with Crippen molar-refractivity contribution >= 4 is 0 Å². The van der Waals surface area contributed by atoms with E-state index in [1.165, 1.54) is 48.8 Å². The zero-order valence-corrected chi connectivity index (χ0v) is 16.5. The van der Waals surface area contributed by atoms with E-state index < -0.39 is 0 Å². The molecule has 4 nitrogen and oxygen atoms in total. The van der Waals surface area contributed by atoms with Gasteiger partial charge in [-0.3, -0.25) is 9.58 Å². The highest BCUT2D eigenvalue weighted by Crippen LogP contribution is 2.34. The fourth-order valence-electron chi connectivity index (χ4n) is 4.11. The van der Waals surface area contributed by atoms with Gasteiger partial charge in [-0.15, -0.1) is 0 Å². The van der Waals surface area contributed by atoms with Gasteiger partial charge in [-0.2, -0.15) is 5.10 Å². The van der Waals surface area contributed by atoms with Crippen molar-refractivity contribution in [3.05, 3.63) is 41.6 Å². The van der Waals surface area contributed by atoms with Crippen LogP contribution in [0.25, 0.3) is 11.3 Å². The Morgan fingerprint density at radius 1 is 1.15 bits per heavy atom. The molecule has 1 fully saturated rings. The lowest BCUT2D eigenvalue weighted by Gasteiger charge is -2.25. The maximum absolute atomic E-state index is 9.35. The summed E-state index contributed by atoms with van der Waals surface area (Å²) in [5.41, 5.74) is 4.95. The maximum atomic E-state index is 9.35. The SMILES string of the molecule is CC(C)N(CCO)Cc1cn(C)nc1-c1ccc(C2CCCCC2)cc1. The van der Waals surface area contributed by atoms with Crippen molar-refractivity contribution in [2.45, 2.75) is 64.5 Å². The molecular formula is C22H33N3O. The average molecular weight is 356 g/mol. The van der Waals surface area contributed by atoms with Gasteiger partial charge in [0.1, 0.15) is 0 Å². The van der Waals surface area contributed by atoms with Crippen molar-refractivity contribution in [2.75, 3.05) is 13.2 Å². The van der Waals surface area contributed by atoms with Gasteiger partial charge in [0.2, 0.25) is 0 Å². The van der Waals surface area contributed by atoms with Crippen LogP contribution in [-0.2, 0) is 13.6 Å². The van der Waals surface area contributed by atoms with Crippen molar-refractivity contribution in [1.82, 2.24) is 14.7 Å². The van der Waals surface area contributed by atoms with Crippen LogP contribution >= 0.6 is 0 Å². The first-order chi connectivity index (χ1) is 12.6. The zero-order valence-electron chi connectivity index (χ0n) is 16.5. The number of aryl methyl sites for hydroxylation is 1. The number of aliphatic hydroxyl groups is 1. The molecule has 0 spiro atoms. The van der Waals surface area contributed by atoms with Crippen LogP contribution < -0.4 is 0 Å². The molecular weight excluding hydrogens is 322 g/mol. The summed E-state index contributed by atoms with van der Waals surface area (Å²) in [5.74, 6) is 0.738. The summed E-state index contributed by atoms with van der Waals surface area (Å²) in [5, 5.41) is 14.1. The summed E-state index contributed by atoms with van der Waals surface area (Å²) >= 11 is 0. The van der Waals surface area contributed by atoms with E-state index in [-0.39, 0.29) is 6.61 Å². The highest BCUT2D eigenvalue weighted by molar-refractivity contribution is 5.63. The van der Waals surface area contributed by atoms with Gasteiger partial charge in [0.25, 0.3) is 0 Å². The molecule has 26 heavy (non-hydrogen) atoms. The maximum Gasteiger partial charge on any atom is 0.0968 e. The third kappa shape index (κ3) is 4.54. The van der Waals surface area contributed by atoms with Crippen LogP contribution in [0.2, 0.25) is 0 Å². The van der Waals surface area contributed by atoms with E-state index in [2.05, 4.69) is 49.2 Å². The number of hydrogen-bond acceptors (Lipinski definition) is 3. The minimum absolute atomic E-state index is 0.184. The predicted molar refractivity (Wildman–Crippen MR) is 107 cm³/mol. The Bertz CT molecular complexity index is 684. The fourth-order valence-corrected chi connectivity index (χ4v) is 4.11. The second-order valence-corrected chi connectivity index (χ2v) is 7.92. The van der Waals surface area contributed by atoms with E-state index >= 15 is 0 Å². The molecule has 1 aromatic heterocycles. The molecule has 0 atom stereocenters. The lowest BCUT2D eigenvalue weighted by atomic mass is 9.84. The Morgan fingerprint density at radius 2 is 1.85 bits per heavy atom. The third-order valence-electron chi connectivity index (χ3n) is 5.66. The Hall–Kier alpha value is -1.65. The van der Waals surface area contributed by atoms with E-state index in [1.807, 2.05) is 11.7 Å². The fraction of sp³-hybridized carbons (Fsp3) is 0.591. The molecule has 1 saturated carbocycles. The molecule has 1 heterocycles. The quantitative estimate of drug-likeness (QED) is 0.803. The van der Waals surface area contributed by atoms with Gasteiger partial charge < -0.3 is 5.11 Å². The first kappa shape index (κ1) is 19.1. The standard InChI is InChI=1S/C22H33N3O/c1-17(2)25(13-14-26)16-21-15-24(3)23-22(21)20-11-9-19(10-12-20)18-7-5-4-6-8-18/h9-12,15,17-18,26H,4-8,13-14,16H2,1-3H3. The van der Waals surface area contributed by atoms with Crippen LogP contribution in [-0.4, -0.2) is 39.0 Å². The minimum atomic E-state index is 0.184. The van der Waals surface area contributed by atoms with Gasteiger partial charge in [-0.05, 0) is 38.2 Å². The molecule has 0 amide bonds. The van der Waals surface area contributed by atoms with E-state index in [9.17, 15) is 5.11 Å². The van der Waals surface area contributed by atoms with Crippen LogP contribution in [0.1, 0.15) is 63.0 Å².